The predicted octanol–water partition coefficient (Wildman–Crippen LogP) is 13.0. The largest absolute Gasteiger partial charge is 0.497 e. The number of anilines is 2. The molecule has 9 rings (SSSR count). The van der Waals surface area contributed by atoms with E-state index in [0.29, 0.717) is 49.9 Å². The van der Waals surface area contributed by atoms with E-state index in [1.54, 1.807) is 43.4 Å². The van der Waals surface area contributed by atoms with Gasteiger partial charge in [-0.25, -0.2) is 14.2 Å². The first-order chi connectivity index (χ1) is 37.5. The van der Waals surface area contributed by atoms with Crippen molar-refractivity contribution in [1.82, 2.24) is 24.8 Å². The van der Waals surface area contributed by atoms with Crippen molar-refractivity contribution in [1.29, 1.82) is 0 Å². The van der Waals surface area contributed by atoms with Gasteiger partial charge in [-0.1, -0.05) is 55.1 Å². The standard InChI is InChI=1S/C59H74ClF4N7O7/c1-38-31-48(69(33-39-17-23-44(73-5)24-18-39)34-40-19-25-45(74-6)26-20-40)65-54(51(38)59(62,63)64)50-47(60)32-46-53(52(50)61)66-56(67-55(46)70-35-41-21-22-42(36-70)71(41)57(72)78-58(2,3)4)77-37-43-15-14-28-68(43)27-11-8-7-9-12-29-75-49-16-10-13-30-76-49/h17-20,23-26,31-32,41-43,49H,7-16,21-22,27-30,33-37H2,1-6H3/t41?,42?,43-,49?/m0/s1. The zero-order valence-electron chi connectivity index (χ0n) is 45.8. The Hall–Kier alpha value is -5.69. The fourth-order valence-corrected chi connectivity index (χ4v) is 11.7. The molecule has 6 heterocycles. The quantitative estimate of drug-likeness (QED) is 0.0512. The van der Waals surface area contributed by atoms with E-state index in [1.165, 1.54) is 19.1 Å². The van der Waals surface area contributed by atoms with Crippen LogP contribution in [0, 0.1) is 12.7 Å². The molecule has 3 unspecified atom stereocenters. The van der Waals surface area contributed by atoms with Crippen LogP contribution in [0.5, 0.6) is 17.5 Å². The molecule has 19 heteroatoms. The summed E-state index contributed by atoms with van der Waals surface area (Å²) in [5, 5.41) is -0.110. The molecule has 2 bridgehead atoms. The van der Waals surface area contributed by atoms with E-state index >= 15 is 17.6 Å². The first kappa shape index (κ1) is 57.0. The first-order valence-corrected chi connectivity index (χ1v) is 28.0. The first-order valence-electron chi connectivity index (χ1n) is 27.6. The fraction of sp³-hybridized carbons (Fsp3) is 0.559. The Morgan fingerprint density at radius 3 is 2.09 bits per heavy atom. The van der Waals surface area contributed by atoms with E-state index in [0.717, 1.165) is 95.0 Å². The van der Waals surface area contributed by atoms with Crippen LogP contribution in [0.3, 0.4) is 0 Å². The molecule has 2 aromatic heterocycles. The van der Waals surface area contributed by atoms with Crippen LogP contribution in [0.2, 0.25) is 5.02 Å². The number of methoxy groups -OCH3 is 2. The summed E-state index contributed by atoms with van der Waals surface area (Å²) in [5.41, 5.74) is -1.82. The minimum Gasteiger partial charge on any atom is -0.497 e. The Morgan fingerprint density at radius 1 is 0.821 bits per heavy atom. The van der Waals surface area contributed by atoms with Crippen LogP contribution in [0.25, 0.3) is 22.2 Å². The average molecular weight is 1100 g/mol. The van der Waals surface area contributed by atoms with Crippen LogP contribution in [-0.2, 0) is 33.5 Å². The Morgan fingerprint density at radius 2 is 1.47 bits per heavy atom. The molecule has 4 aliphatic heterocycles. The van der Waals surface area contributed by atoms with Gasteiger partial charge in [-0.05, 0) is 152 Å². The summed E-state index contributed by atoms with van der Waals surface area (Å²) in [5.74, 6) is 0.666. The summed E-state index contributed by atoms with van der Waals surface area (Å²) in [4.78, 5) is 35.9. The highest BCUT2D eigenvalue weighted by Crippen LogP contribution is 2.46. The van der Waals surface area contributed by atoms with Crippen molar-refractivity contribution in [3.8, 4) is 28.8 Å². The van der Waals surface area contributed by atoms with Gasteiger partial charge in [0.25, 0.3) is 0 Å². The third-order valence-electron chi connectivity index (χ3n) is 15.3. The predicted molar refractivity (Wildman–Crippen MR) is 293 cm³/mol. The lowest BCUT2D eigenvalue weighted by Crippen LogP contribution is -2.57. The van der Waals surface area contributed by atoms with E-state index < -0.39 is 40.5 Å². The minimum atomic E-state index is -4.96. The minimum absolute atomic E-state index is 0.0542. The number of benzene rings is 3. The number of unbranched alkanes of at least 4 members (excludes halogenated alkanes) is 4. The Labute approximate surface area is 460 Å². The van der Waals surface area contributed by atoms with Crippen molar-refractivity contribution >= 4 is 40.2 Å². The molecule has 0 spiro atoms. The van der Waals surface area contributed by atoms with Gasteiger partial charge in [0.1, 0.15) is 40.9 Å². The number of carbonyl (C=O) groups excluding carboxylic acids is 1. The Bertz CT molecular complexity index is 2770. The van der Waals surface area contributed by atoms with E-state index in [4.69, 9.17) is 50.0 Å². The fourth-order valence-electron chi connectivity index (χ4n) is 11.4. The highest BCUT2D eigenvalue weighted by atomic mass is 35.5. The molecule has 4 atom stereocenters. The Balaban J connectivity index is 1.04. The van der Waals surface area contributed by atoms with Crippen LogP contribution in [-0.4, -0.2) is 121 Å². The average Bonchev–Trinajstić information content (AvgIpc) is 4.07. The number of nitrogens with zero attached hydrogens (tertiary/aromatic N) is 7. The number of fused-ring (bicyclic) bond motifs is 3. The number of amides is 1. The van der Waals surface area contributed by atoms with E-state index in [2.05, 4.69) is 9.88 Å². The second-order valence-corrected chi connectivity index (χ2v) is 22.5. The summed E-state index contributed by atoms with van der Waals surface area (Å²) in [6, 6.07) is 17.0. The molecule has 4 aliphatic rings. The smallest absolute Gasteiger partial charge is 0.418 e. The van der Waals surface area contributed by atoms with Crippen molar-refractivity contribution in [3.63, 3.8) is 0 Å². The summed E-state index contributed by atoms with van der Waals surface area (Å²) in [6.07, 6.45) is 6.42. The lowest BCUT2D eigenvalue weighted by molar-refractivity contribution is -0.162. The number of halogens is 5. The second-order valence-electron chi connectivity index (χ2n) is 22.1. The van der Waals surface area contributed by atoms with Gasteiger partial charge in [-0.15, -0.1) is 0 Å². The van der Waals surface area contributed by atoms with Gasteiger partial charge >= 0.3 is 18.3 Å². The summed E-state index contributed by atoms with van der Waals surface area (Å²) in [7, 11) is 3.14. The molecule has 0 N–H and O–H groups in total. The monoisotopic (exact) mass is 1100 g/mol. The maximum Gasteiger partial charge on any atom is 0.418 e. The van der Waals surface area contributed by atoms with Crippen molar-refractivity contribution in [2.45, 2.75) is 154 Å². The van der Waals surface area contributed by atoms with Crippen LogP contribution in [0.1, 0.15) is 120 Å². The lowest BCUT2D eigenvalue weighted by atomic mass is 9.98. The molecule has 14 nitrogen and oxygen atoms in total. The van der Waals surface area contributed by atoms with Crippen LogP contribution in [0.15, 0.2) is 60.7 Å². The summed E-state index contributed by atoms with van der Waals surface area (Å²) >= 11 is 7.11. The Kier molecular flexibility index (Phi) is 18.4. The summed E-state index contributed by atoms with van der Waals surface area (Å²) < 4.78 is 99.3. The number of piperazine rings is 1. The molecule has 3 aromatic carbocycles. The van der Waals surface area contributed by atoms with Gasteiger partial charge in [0.2, 0.25) is 0 Å². The van der Waals surface area contributed by atoms with Crippen molar-refractivity contribution < 1.29 is 50.8 Å². The SMILES string of the molecule is COc1ccc(CN(Cc2ccc(OC)cc2)c2cc(C)c(C(F)(F)F)c(-c3c(Cl)cc4c(N5CC6CCC(C5)N6C(=O)OC(C)(C)C)nc(OC[C@@H]5CCCN5CCCCCCCOC5CCCCO5)nc4c3F)n2)cc1. The molecular weight excluding hydrogens is 1030 g/mol. The highest BCUT2D eigenvalue weighted by Gasteiger charge is 2.46. The molecule has 422 valence electrons. The number of aromatic nitrogens is 3. The van der Waals surface area contributed by atoms with Gasteiger partial charge in [0, 0.05) is 50.8 Å². The van der Waals surface area contributed by atoms with Crippen molar-refractivity contribution in [3.05, 3.63) is 93.8 Å². The lowest BCUT2D eigenvalue weighted by Gasteiger charge is -2.42. The van der Waals surface area contributed by atoms with Crippen LogP contribution < -0.4 is 24.0 Å². The van der Waals surface area contributed by atoms with E-state index in [9.17, 15) is 4.79 Å². The second kappa shape index (κ2) is 25.2. The molecule has 4 saturated heterocycles. The topological polar surface area (TPSA) is 124 Å². The van der Waals surface area contributed by atoms with Crippen molar-refractivity contribution in [2.24, 2.45) is 0 Å². The highest BCUT2D eigenvalue weighted by molar-refractivity contribution is 6.34. The van der Waals surface area contributed by atoms with E-state index in [-0.39, 0.29) is 77.4 Å². The third-order valence-corrected chi connectivity index (χ3v) is 15.6. The van der Waals surface area contributed by atoms with Crippen molar-refractivity contribution in [2.75, 3.05) is 70.0 Å². The van der Waals surface area contributed by atoms with Gasteiger partial charge in [-0.3, -0.25) is 9.80 Å². The van der Waals surface area contributed by atoms with Gasteiger partial charge < -0.3 is 38.2 Å². The van der Waals surface area contributed by atoms with E-state index in [1.807, 2.05) is 54.8 Å². The zero-order valence-corrected chi connectivity index (χ0v) is 46.6. The molecule has 5 aromatic rings. The zero-order chi connectivity index (χ0) is 55.1. The molecule has 4 fully saturated rings. The number of hydrogen-bond donors (Lipinski definition) is 0. The number of likely N-dealkylation sites (tertiary alicyclic amines) is 1. The van der Waals surface area contributed by atoms with Crippen LogP contribution >= 0.6 is 11.6 Å². The molecule has 0 radical (unpaired) electrons. The number of pyridine rings is 1. The molecule has 0 aliphatic carbocycles. The van der Waals surface area contributed by atoms with Gasteiger partial charge in [-0.2, -0.15) is 23.1 Å². The number of rotatable bonds is 21. The molecule has 78 heavy (non-hydrogen) atoms. The van der Waals surface area contributed by atoms with Crippen LogP contribution in [0.4, 0.5) is 34.0 Å². The number of hydrogen-bond acceptors (Lipinski definition) is 13. The number of aryl methyl sites for hydroxylation is 1. The van der Waals surface area contributed by atoms with Gasteiger partial charge in [0.05, 0.1) is 48.1 Å². The maximum absolute atomic E-state index is 18.1. The maximum atomic E-state index is 18.1. The molecular formula is C59H74ClF4N7O7. The summed E-state index contributed by atoms with van der Waals surface area (Å²) in [6.45, 7) is 11.5. The molecule has 0 saturated carbocycles. The van der Waals surface area contributed by atoms with Gasteiger partial charge in [0.15, 0.2) is 12.1 Å². The third kappa shape index (κ3) is 13.8. The normalized spacial score (nSPS) is 19.9. The number of carbonyl (C=O) groups is 1. The number of alkyl halides is 3. The molecule has 1 amide bonds. The number of ether oxygens (including phenoxy) is 6.